The average molecular weight is 390 g/mol. The molecule has 0 saturated heterocycles. The van der Waals surface area contributed by atoms with Crippen molar-refractivity contribution >= 4 is 35.5 Å². The van der Waals surface area contributed by atoms with Crippen molar-refractivity contribution in [3.63, 3.8) is 0 Å². The number of aliphatic imine (C=N–C) groups is 1. The smallest absolute Gasteiger partial charge is 0.363 e. The van der Waals surface area contributed by atoms with Crippen molar-refractivity contribution in [2.75, 3.05) is 7.11 Å². The summed E-state index contributed by atoms with van der Waals surface area (Å²) in [6.45, 7) is 1.24. The van der Waals surface area contributed by atoms with Gasteiger partial charge >= 0.3 is 11.9 Å². The van der Waals surface area contributed by atoms with Gasteiger partial charge in [0.15, 0.2) is 17.2 Å². The molecule has 0 aromatic heterocycles. The van der Waals surface area contributed by atoms with Crippen molar-refractivity contribution in [1.29, 1.82) is 0 Å². The molecule has 0 spiro atoms. The molecular weight excluding hydrogens is 377 g/mol. The van der Waals surface area contributed by atoms with Crippen LogP contribution >= 0.6 is 11.6 Å². The van der Waals surface area contributed by atoms with E-state index in [0.717, 1.165) is 0 Å². The number of carbonyl (C=O) groups is 2. The Balaban J connectivity index is 1.99. The molecule has 0 amide bonds. The summed E-state index contributed by atoms with van der Waals surface area (Å²) in [5.74, 6) is -1.69. The van der Waals surface area contributed by atoms with E-state index < -0.39 is 17.8 Å². The first kappa shape index (κ1) is 18.6. The first-order chi connectivity index (χ1) is 12.9. The number of hydrogen-bond acceptors (Lipinski definition) is 6. The summed E-state index contributed by atoms with van der Waals surface area (Å²) in [4.78, 5) is 27.3. The van der Waals surface area contributed by atoms with E-state index in [-0.39, 0.29) is 33.7 Å². The minimum Gasteiger partial charge on any atom is -0.493 e. The third-order valence-corrected chi connectivity index (χ3v) is 3.81. The molecule has 3 rings (SSSR count). The van der Waals surface area contributed by atoms with Crippen molar-refractivity contribution < 1.29 is 28.2 Å². The van der Waals surface area contributed by atoms with Gasteiger partial charge in [-0.25, -0.2) is 14.2 Å². The molecule has 2 aromatic rings. The second-order valence-electron chi connectivity index (χ2n) is 5.44. The predicted molar refractivity (Wildman–Crippen MR) is 96.3 cm³/mol. The number of halogens is 2. The Bertz CT molecular complexity index is 1000. The molecule has 27 heavy (non-hydrogen) atoms. The zero-order valence-corrected chi connectivity index (χ0v) is 15.0. The lowest BCUT2D eigenvalue weighted by molar-refractivity contribution is -0.132. The van der Waals surface area contributed by atoms with Crippen LogP contribution in [0, 0.1) is 5.82 Å². The normalized spacial score (nSPS) is 14.7. The van der Waals surface area contributed by atoms with Gasteiger partial charge in [-0.1, -0.05) is 23.7 Å². The molecule has 0 bridgehead atoms. The van der Waals surface area contributed by atoms with E-state index in [4.69, 9.17) is 25.8 Å². The van der Waals surface area contributed by atoms with E-state index in [0.29, 0.717) is 5.56 Å². The molecule has 1 aliphatic heterocycles. The molecule has 0 fully saturated rings. The van der Waals surface area contributed by atoms with Gasteiger partial charge in [0, 0.05) is 6.92 Å². The maximum absolute atomic E-state index is 13.9. The second kappa shape index (κ2) is 7.59. The summed E-state index contributed by atoms with van der Waals surface area (Å²) in [5, 5.41) is 0.112. The fourth-order valence-corrected chi connectivity index (χ4v) is 2.64. The highest BCUT2D eigenvalue weighted by Crippen LogP contribution is 2.37. The molecule has 8 heteroatoms. The fraction of sp³-hybridized carbons (Fsp3) is 0.105. The minimum absolute atomic E-state index is 0.0355. The second-order valence-corrected chi connectivity index (χ2v) is 5.85. The molecule has 1 heterocycles. The van der Waals surface area contributed by atoms with Crippen LogP contribution in [0.2, 0.25) is 5.02 Å². The van der Waals surface area contributed by atoms with E-state index in [1.807, 2.05) is 0 Å². The molecule has 0 N–H and O–H groups in total. The Kier molecular flexibility index (Phi) is 5.23. The van der Waals surface area contributed by atoms with E-state index >= 15 is 0 Å². The van der Waals surface area contributed by atoms with Gasteiger partial charge in [-0.05, 0) is 35.9 Å². The molecule has 138 valence electrons. The van der Waals surface area contributed by atoms with Crippen LogP contribution in [0.25, 0.3) is 6.08 Å². The number of rotatable bonds is 4. The lowest BCUT2D eigenvalue weighted by Gasteiger charge is -2.10. The molecule has 0 unspecified atom stereocenters. The highest BCUT2D eigenvalue weighted by molar-refractivity contribution is 6.32. The third-order valence-electron chi connectivity index (χ3n) is 3.53. The van der Waals surface area contributed by atoms with Crippen LogP contribution in [0.1, 0.15) is 18.1 Å². The number of ether oxygens (including phenoxy) is 3. The average Bonchev–Trinajstić information content (AvgIpc) is 2.97. The fourth-order valence-electron chi connectivity index (χ4n) is 2.38. The van der Waals surface area contributed by atoms with Crippen LogP contribution in [-0.4, -0.2) is 24.9 Å². The molecule has 6 nitrogen and oxygen atoms in total. The third kappa shape index (κ3) is 3.98. The predicted octanol–water partition coefficient (Wildman–Crippen LogP) is 3.76. The summed E-state index contributed by atoms with van der Waals surface area (Å²) in [5.41, 5.74) is 0.500. The molecule has 0 aliphatic carbocycles. The van der Waals surface area contributed by atoms with Crippen LogP contribution < -0.4 is 9.47 Å². The van der Waals surface area contributed by atoms with Gasteiger partial charge in [-0.2, -0.15) is 0 Å². The molecule has 2 aromatic carbocycles. The summed E-state index contributed by atoms with van der Waals surface area (Å²) in [6, 6.07) is 8.81. The Morgan fingerprint density at radius 2 is 2.04 bits per heavy atom. The highest BCUT2D eigenvalue weighted by Gasteiger charge is 2.26. The van der Waals surface area contributed by atoms with Crippen LogP contribution in [0.15, 0.2) is 47.1 Å². The first-order valence-electron chi connectivity index (χ1n) is 7.72. The summed E-state index contributed by atoms with van der Waals surface area (Å²) >= 11 is 6.14. The molecule has 1 aliphatic rings. The van der Waals surface area contributed by atoms with Crippen molar-refractivity contribution in [3.05, 3.63) is 64.1 Å². The van der Waals surface area contributed by atoms with Crippen molar-refractivity contribution in [2.24, 2.45) is 4.99 Å². The summed E-state index contributed by atoms with van der Waals surface area (Å²) < 4.78 is 29.1. The monoisotopic (exact) mass is 389 g/mol. The zero-order chi connectivity index (χ0) is 19.6. The van der Waals surface area contributed by atoms with Gasteiger partial charge in [0.05, 0.1) is 17.7 Å². The van der Waals surface area contributed by atoms with E-state index in [2.05, 4.69) is 4.99 Å². The highest BCUT2D eigenvalue weighted by atomic mass is 35.5. The minimum atomic E-state index is -0.729. The largest absolute Gasteiger partial charge is 0.493 e. The number of hydrogen-bond donors (Lipinski definition) is 0. The SMILES string of the molecule is COc1cc(C=C2N=C(c3ccccc3F)OC2=O)cc(Cl)c1OC(C)=O. The van der Waals surface area contributed by atoms with Gasteiger partial charge in [0.2, 0.25) is 5.90 Å². The number of nitrogens with zero attached hydrogens (tertiary/aromatic N) is 1. The quantitative estimate of drug-likeness (QED) is 0.452. The number of benzene rings is 2. The van der Waals surface area contributed by atoms with E-state index in [9.17, 15) is 14.0 Å². The standard InChI is InChI=1S/C19H13ClFNO5/c1-10(23)26-17-13(20)7-11(9-16(17)25-2)8-15-19(24)27-18(22-15)12-5-3-4-6-14(12)21/h3-9H,1-2H3. The van der Waals surface area contributed by atoms with Gasteiger partial charge in [0.1, 0.15) is 5.82 Å². The lowest BCUT2D eigenvalue weighted by Crippen LogP contribution is -2.07. The topological polar surface area (TPSA) is 74.2 Å². The Morgan fingerprint density at radius 1 is 1.30 bits per heavy atom. The van der Waals surface area contributed by atoms with Crippen LogP contribution in [0.4, 0.5) is 4.39 Å². The lowest BCUT2D eigenvalue weighted by atomic mass is 10.1. The van der Waals surface area contributed by atoms with Gasteiger partial charge in [-0.15, -0.1) is 0 Å². The zero-order valence-electron chi connectivity index (χ0n) is 14.3. The number of methoxy groups -OCH3 is 1. The van der Waals surface area contributed by atoms with Crippen LogP contribution in [-0.2, 0) is 14.3 Å². The molecule has 0 radical (unpaired) electrons. The van der Waals surface area contributed by atoms with E-state index in [1.165, 1.54) is 50.4 Å². The maximum atomic E-state index is 13.9. The number of carbonyl (C=O) groups excluding carboxylic acids is 2. The Hall–Kier alpha value is -3.19. The van der Waals surface area contributed by atoms with Crippen molar-refractivity contribution in [1.82, 2.24) is 0 Å². The van der Waals surface area contributed by atoms with Crippen LogP contribution in [0.3, 0.4) is 0 Å². The van der Waals surface area contributed by atoms with E-state index in [1.54, 1.807) is 6.07 Å². The molecule has 0 saturated carbocycles. The summed E-state index contributed by atoms with van der Waals surface area (Å²) in [7, 11) is 1.38. The molecule has 0 atom stereocenters. The molecular formula is C19H13ClFNO5. The Labute approximate surface area is 158 Å². The van der Waals surface area contributed by atoms with Crippen LogP contribution in [0.5, 0.6) is 11.5 Å². The summed E-state index contributed by atoms with van der Waals surface area (Å²) in [6.07, 6.45) is 1.40. The first-order valence-corrected chi connectivity index (χ1v) is 8.10. The van der Waals surface area contributed by atoms with Gasteiger partial charge < -0.3 is 14.2 Å². The van der Waals surface area contributed by atoms with Gasteiger partial charge in [0.25, 0.3) is 0 Å². The maximum Gasteiger partial charge on any atom is 0.363 e. The Morgan fingerprint density at radius 3 is 2.70 bits per heavy atom. The number of cyclic esters (lactones) is 1. The van der Waals surface area contributed by atoms with Crippen molar-refractivity contribution in [2.45, 2.75) is 6.92 Å². The van der Waals surface area contributed by atoms with Gasteiger partial charge in [-0.3, -0.25) is 4.79 Å². The van der Waals surface area contributed by atoms with Crippen molar-refractivity contribution in [3.8, 4) is 11.5 Å². The number of esters is 2.